The number of hydrogen-bond donors (Lipinski definition) is 2. The maximum Gasteiger partial charge on any atom is 0.327 e. The number of carbonyl (C=O) groups is 2. The van der Waals surface area contributed by atoms with Crippen LogP contribution in [0.1, 0.15) is 87.0 Å². The van der Waals surface area contributed by atoms with E-state index in [0.29, 0.717) is 50.4 Å². The fraction of sp³-hybridized carbons (Fsp3) is 0.600. The van der Waals surface area contributed by atoms with Gasteiger partial charge in [0.2, 0.25) is 11.8 Å². The predicted octanol–water partition coefficient (Wildman–Crippen LogP) is 6.13. The molecule has 2 N–H and O–H groups in total. The van der Waals surface area contributed by atoms with E-state index >= 15 is 4.39 Å². The smallest absolute Gasteiger partial charge is 0.327 e. The number of para-hydroxylation sites is 1. The molecule has 0 radical (unpaired) electrons. The summed E-state index contributed by atoms with van der Waals surface area (Å²) in [5.41, 5.74) is 2.37. The fourth-order valence-corrected chi connectivity index (χ4v) is 8.59. The Kier molecular flexibility index (Phi) is 10.3. The first-order valence-electron chi connectivity index (χ1n) is 17.1. The molecule has 10 nitrogen and oxygen atoms in total. The van der Waals surface area contributed by atoms with Crippen LogP contribution in [-0.4, -0.2) is 92.1 Å². The molecule has 2 aromatic heterocycles. The molecule has 3 aliphatic rings. The Labute approximate surface area is 284 Å². The number of imidazole rings is 1. The van der Waals surface area contributed by atoms with Gasteiger partial charge in [0, 0.05) is 61.2 Å². The Balaban J connectivity index is 0.00000225. The molecule has 3 fully saturated rings. The molecule has 12 heteroatoms. The van der Waals surface area contributed by atoms with Gasteiger partial charge in [-0.25, -0.2) is 14.2 Å². The van der Waals surface area contributed by atoms with Crippen LogP contribution in [0.2, 0.25) is 0 Å². The van der Waals surface area contributed by atoms with E-state index in [1.54, 1.807) is 16.8 Å². The highest BCUT2D eigenvalue weighted by Gasteiger charge is 2.44. The number of H-pyrrole nitrogens is 1. The first kappa shape index (κ1) is 33.5. The lowest BCUT2D eigenvalue weighted by molar-refractivity contribution is -0.136. The van der Waals surface area contributed by atoms with Crippen LogP contribution in [0.25, 0.3) is 11.2 Å². The number of piperidine rings is 2. The number of aromatic amines is 1. The van der Waals surface area contributed by atoms with Gasteiger partial charge in [0.1, 0.15) is 11.2 Å². The van der Waals surface area contributed by atoms with Crippen molar-refractivity contribution in [2.24, 2.45) is 5.41 Å². The number of carbonyl (C=O) groups excluding carboxylic acids is 2. The van der Waals surface area contributed by atoms with Gasteiger partial charge in [-0.05, 0) is 68.8 Å². The second-order valence-corrected chi connectivity index (χ2v) is 15.6. The molecule has 1 aromatic carbocycles. The summed E-state index contributed by atoms with van der Waals surface area (Å²) in [5, 5.41) is 2.45. The van der Waals surface area contributed by atoms with Gasteiger partial charge < -0.3 is 20.0 Å². The molecule has 3 aromatic rings. The van der Waals surface area contributed by atoms with E-state index in [4.69, 9.17) is 0 Å². The molecule has 5 heterocycles. The lowest BCUT2D eigenvalue weighted by atomic mass is 9.92. The van der Waals surface area contributed by atoms with Crippen molar-refractivity contribution in [1.29, 1.82) is 0 Å². The maximum atomic E-state index is 15.4. The number of hydrogen-bond acceptors (Lipinski definition) is 7. The third-order valence-corrected chi connectivity index (χ3v) is 11.2. The van der Waals surface area contributed by atoms with E-state index in [1.165, 1.54) is 37.1 Å². The summed E-state index contributed by atoms with van der Waals surface area (Å²) in [4.78, 5) is 53.5. The summed E-state index contributed by atoms with van der Waals surface area (Å²) in [6.45, 7) is 11.6. The highest BCUT2D eigenvalue weighted by atomic mass is 32.2. The lowest BCUT2D eigenvalue weighted by Crippen LogP contribution is -2.42. The summed E-state index contributed by atoms with van der Waals surface area (Å²) in [5.74, 6) is -0.441. The molecule has 47 heavy (non-hydrogen) atoms. The normalized spacial score (nSPS) is 21.6. The largest absolute Gasteiger partial charge is 0.381 e. The Hall–Kier alpha value is -3.38. The third kappa shape index (κ3) is 7.69. The first-order valence-corrected chi connectivity index (χ1v) is 18.1. The van der Waals surface area contributed by atoms with Crippen molar-refractivity contribution in [2.45, 2.75) is 82.4 Å². The molecule has 2 atom stereocenters. The standard InChI is InChI=1S/C35H48FN7O3S.3H2/c1-35(2,3)14-21-42-32(45)28(47-33(42)25-9-7-10-26(36)30(25)37-16-22-40-17-5-4-6-18-40)23-29(44)41-19-12-24(13-20-41)43-27-11-8-15-38-31(27)39-34(43)46;;;/h7-11,15,24,28,33,37H,4-6,12-14,16-23H2,1-3H3,(H,38,39,46);3*1H/t28-,33?;;;/m0.../s1. The second kappa shape index (κ2) is 14.4. The zero-order valence-electron chi connectivity index (χ0n) is 27.8. The Morgan fingerprint density at radius 3 is 2.57 bits per heavy atom. The maximum absolute atomic E-state index is 15.4. The van der Waals surface area contributed by atoms with Crippen LogP contribution in [0.3, 0.4) is 0 Å². The lowest BCUT2D eigenvalue weighted by Gasteiger charge is -2.33. The molecule has 3 aliphatic heterocycles. The Morgan fingerprint density at radius 2 is 1.83 bits per heavy atom. The van der Waals surface area contributed by atoms with Crippen molar-refractivity contribution in [3.63, 3.8) is 0 Å². The number of nitrogens with zero attached hydrogens (tertiary/aromatic N) is 5. The number of amides is 2. The van der Waals surface area contributed by atoms with Crippen molar-refractivity contribution in [3.05, 3.63) is 58.4 Å². The number of pyridine rings is 1. The zero-order valence-corrected chi connectivity index (χ0v) is 28.7. The minimum Gasteiger partial charge on any atom is -0.381 e. The van der Waals surface area contributed by atoms with E-state index in [-0.39, 0.29) is 50.9 Å². The molecular formula is C35H54FN7O3S. The van der Waals surface area contributed by atoms with Crippen LogP contribution < -0.4 is 11.0 Å². The number of aromatic nitrogens is 3. The molecule has 1 unspecified atom stereocenters. The summed E-state index contributed by atoms with van der Waals surface area (Å²) in [6.07, 6.45) is 7.52. The monoisotopic (exact) mass is 671 g/mol. The summed E-state index contributed by atoms with van der Waals surface area (Å²) in [7, 11) is 0. The van der Waals surface area contributed by atoms with Gasteiger partial charge >= 0.3 is 5.69 Å². The summed E-state index contributed by atoms with van der Waals surface area (Å²) in [6, 6.07) is 8.77. The SMILES string of the molecule is CC(C)(C)CCN1C(=O)[C@H](CC(=O)N2CCC(n3c(=O)[nH]c4ncccc43)CC2)SC1c1cccc(F)c1NCCN1CCCCC1.[HH].[HH].[HH]. The van der Waals surface area contributed by atoms with Crippen LogP contribution in [0.4, 0.5) is 10.1 Å². The highest BCUT2D eigenvalue weighted by Crippen LogP contribution is 2.47. The minimum absolute atomic E-state index is 0. The number of fused-ring (bicyclic) bond motifs is 1. The van der Waals surface area contributed by atoms with Gasteiger partial charge in [0.05, 0.1) is 16.5 Å². The predicted molar refractivity (Wildman–Crippen MR) is 191 cm³/mol. The number of nitrogens with one attached hydrogen (secondary N) is 2. The number of thioether (sulfide) groups is 1. The fourth-order valence-electron chi connectivity index (χ4n) is 7.08. The van der Waals surface area contributed by atoms with E-state index in [9.17, 15) is 14.4 Å². The first-order chi connectivity index (χ1) is 22.6. The minimum atomic E-state index is -0.544. The van der Waals surface area contributed by atoms with Crippen LogP contribution in [0, 0.1) is 11.2 Å². The average molecular weight is 672 g/mol. The quantitative estimate of drug-likeness (QED) is 0.267. The third-order valence-electron chi connectivity index (χ3n) is 9.76. The van der Waals surface area contributed by atoms with Crippen LogP contribution >= 0.6 is 11.8 Å². The molecule has 0 saturated carbocycles. The zero-order chi connectivity index (χ0) is 33.1. The Morgan fingerprint density at radius 1 is 1.06 bits per heavy atom. The Bertz CT molecular complexity index is 1640. The number of likely N-dealkylation sites (tertiary alicyclic amines) is 2. The van der Waals surface area contributed by atoms with E-state index in [1.807, 2.05) is 28.0 Å². The molecule has 0 bridgehead atoms. The number of halogens is 1. The van der Waals surface area contributed by atoms with Gasteiger partial charge in [-0.2, -0.15) is 0 Å². The highest BCUT2D eigenvalue weighted by molar-refractivity contribution is 8.01. The van der Waals surface area contributed by atoms with Gasteiger partial charge in [-0.3, -0.25) is 19.1 Å². The second-order valence-electron chi connectivity index (χ2n) is 14.3. The van der Waals surface area contributed by atoms with Gasteiger partial charge in [-0.15, -0.1) is 11.8 Å². The molecule has 6 rings (SSSR count). The summed E-state index contributed by atoms with van der Waals surface area (Å²) < 4.78 is 17.1. The molecule has 260 valence electrons. The molecular weight excluding hydrogens is 617 g/mol. The van der Waals surface area contributed by atoms with Crippen molar-refractivity contribution in [3.8, 4) is 0 Å². The van der Waals surface area contributed by atoms with E-state index in [2.05, 4.69) is 41.0 Å². The summed E-state index contributed by atoms with van der Waals surface area (Å²) >= 11 is 1.46. The van der Waals surface area contributed by atoms with Gasteiger partial charge in [0.15, 0.2) is 5.65 Å². The number of anilines is 1. The number of rotatable bonds is 10. The van der Waals surface area contributed by atoms with E-state index in [0.717, 1.165) is 37.1 Å². The molecule has 2 amide bonds. The van der Waals surface area contributed by atoms with Crippen molar-refractivity contribution in [1.82, 2.24) is 29.2 Å². The van der Waals surface area contributed by atoms with Crippen molar-refractivity contribution >= 4 is 40.4 Å². The molecule has 0 aliphatic carbocycles. The van der Waals surface area contributed by atoms with Crippen molar-refractivity contribution in [2.75, 3.05) is 51.1 Å². The van der Waals surface area contributed by atoms with Crippen LogP contribution in [0.5, 0.6) is 0 Å². The van der Waals surface area contributed by atoms with Crippen molar-refractivity contribution < 1.29 is 18.3 Å². The van der Waals surface area contributed by atoms with Crippen LogP contribution in [0.15, 0.2) is 41.3 Å². The van der Waals surface area contributed by atoms with Gasteiger partial charge in [-0.1, -0.05) is 39.3 Å². The molecule has 3 saturated heterocycles. The number of benzene rings is 1. The average Bonchev–Trinajstić information content (AvgIpc) is 3.55. The topological polar surface area (TPSA) is 107 Å². The molecule has 0 spiro atoms. The van der Waals surface area contributed by atoms with Crippen LogP contribution in [-0.2, 0) is 9.59 Å². The van der Waals surface area contributed by atoms with E-state index < -0.39 is 5.25 Å². The van der Waals surface area contributed by atoms with Gasteiger partial charge in [0.25, 0.3) is 0 Å².